The lowest BCUT2D eigenvalue weighted by molar-refractivity contribution is 0.0636. The number of anilines is 1. The zero-order valence-electron chi connectivity index (χ0n) is 14.3. The Morgan fingerprint density at radius 2 is 1.65 bits per heavy atom. The van der Waals surface area contributed by atoms with E-state index in [-0.39, 0.29) is 0 Å². The monoisotopic (exact) mass is 311 g/mol. The topological polar surface area (TPSA) is 38.3 Å². The average molecular weight is 311 g/mol. The van der Waals surface area contributed by atoms with Gasteiger partial charge in [-0.1, -0.05) is 49.4 Å². The van der Waals surface area contributed by atoms with Gasteiger partial charge in [-0.15, -0.1) is 0 Å². The van der Waals surface area contributed by atoms with E-state index in [4.69, 9.17) is 4.74 Å². The zero-order valence-corrected chi connectivity index (χ0v) is 14.3. The van der Waals surface area contributed by atoms with Gasteiger partial charge < -0.3 is 4.74 Å². The Kier molecular flexibility index (Phi) is 5.43. The van der Waals surface area contributed by atoms with Gasteiger partial charge in [-0.05, 0) is 56.4 Å². The van der Waals surface area contributed by atoms with Crippen LogP contribution < -0.4 is 5.32 Å². The van der Waals surface area contributed by atoms with Crippen molar-refractivity contribution in [3.63, 3.8) is 0 Å². The van der Waals surface area contributed by atoms with Crippen molar-refractivity contribution in [2.75, 3.05) is 5.32 Å². The summed E-state index contributed by atoms with van der Waals surface area (Å²) in [6, 6.07) is 18.4. The Bertz CT molecular complexity index is 627. The standard InChI is InChI=1S/C20H25NO2/c1-15(14-16-8-6-5-7-9-16)17-10-12-18(13-11-17)21-19(22)23-20(2,3)4/h5-13,15H,14H2,1-4H3,(H,21,22). The predicted molar refractivity (Wildman–Crippen MR) is 94.9 cm³/mol. The number of rotatable bonds is 4. The Morgan fingerprint density at radius 1 is 1.04 bits per heavy atom. The van der Waals surface area contributed by atoms with Gasteiger partial charge >= 0.3 is 6.09 Å². The fraction of sp³-hybridized carbons (Fsp3) is 0.350. The van der Waals surface area contributed by atoms with E-state index in [1.54, 1.807) is 0 Å². The molecule has 1 atom stereocenters. The van der Waals surface area contributed by atoms with E-state index in [1.807, 2.05) is 39.0 Å². The summed E-state index contributed by atoms with van der Waals surface area (Å²) < 4.78 is 5.25. The number of hydrogen-bond donors (Lipinski definition) is 1. The molecule has 1 N–H and O–H groups in total. The molecule has 3 nitrogen and oxygen atoms in total. The van der Waals surface area contributed by atoms with Gasteiger partial charge in [0.1, 0.15) is 5.60 Å². The van der Waals surface area contributed by atoms with Gasteiger partial charge in [-0.2, -0.15) is 0 Å². The largest absolute Gasteiger partial charge is 0.444 e. The maximum Gasteiger partial charge on any atom is 0.412 e. The molecule has 0 aliphatic heterocycles. The van der Waals surface area contributed by atoms with Crippen LogP contribution in [0.15, 0.2) is 54.6 Å². The van der Waals surface area contributed by atoms with Crippen LogP contribution in [0, 0.1) is 0 Å². The van der Waals surface area contributed by atoms with Crippen molar-refractivity contribution in [2.45, 2.75) is 45.6 Å². The summed E-state index contributed by atoms with van der Waals surface area (Å²) in [6.07, 6.45) is 0.572. The van der Waals surface area contributed by atoms with E-state index < -0.39 is 11.7 Å². The first-order chi connectivity index (χ1) is 10.8. The molecule has 0 saturated carbocycles. The summed E-state index contributed by atoms with van der Waals surface area (Å²) in [5.41, 5.74) is 2.84. The molecule has 0 radical (unpaired) electrons. The van der Waals surface area contributed by atoms with Crippen molar-refractivity contribution in [1.29, 1.82) is 0 Å². The van der Waals surface area contributed by atoms with Gasteiger partial charge in [-0.3, -0.25) is 5.32 Å². The fourth-order valence-corrected chi connectivity index (χ4v) is 2.40. The highest BCUT2D eigenvalue weighted by Crippen LogP contribution is 2.22. The molecule has 2 aromatic carbocycles. The fourth-order valence-electron chi connectivity index (χ4n) is 2.40. The second-order valence-electron chi connectivity index (χ2n) is 6.84. The lowest BCUT2D eigenvalue weighted by Gasteiger charge is -2.20. The third-order valence-corrected chi connectivity index (χ3v) is 3.51. The molecule has 1 unspecified atom stereocenters. The second-order valence-corrected chi connectivity index (χ2v) is 6.84. The van der Waals surface area contributed by atoms with Gasteiger partial charge in [0.2, 0.25) is 0 Å². The number of carbonyl (C=O) groups excluding carboxylic acids is 1. The van der Waals surface area contributed by atoms with Crippen molar-refractivity contribution in [3.8, 4) is 0 Å². The summed E-state index contributed by atoms with van der Waals surface area (Å²) in [6.45, 7) is 7.76. The highest BCUT2D eigenvalue weighted by molar-refractivity contribution is 5.84. The zero-order chi connectivity index (χ0) is 16.9. The number of carbonyl (C=O) groups is 1. The van der Waals surface area contributed by atoms with Gasteiger partial charge in [-0.25, -0.2) is 4.79 Å². The van der Waals surface area contributed by atoms with Crippen LogP contribution in [-0.2, 0) is 11.2 Å². The first kappa shape index (κ1) is 17.1. The van der Waals surface area contributed by atoms with E-state index in [2.05, 4.69) is 48.6 Å². The molecular weight excluding hydrogens is 286 g/mol. The highest BCUT2D eigenvalue weighted by atomic mass is 16.6. The highest BCUT2D eigenvalue weighted by Gasteiger charge is 2.16. The summed E-state index contributed by atoms with van der Waals surface area (Å²) in [4.78, 5) is 11.8. The van der Waals surface area contributed by atoms with E-state index in [0.717, 1.165) is 12.1 Å². The molecule has 0 aliphatic carbocycles. The van der Waals surface area contributed by atoms with Crippen molar-refractivity contribution in [1.82, 2.24) is 0 Å². The van der Waals surface area contributed by atoms with Gasteiger partial charge in [0.05, 0.1) is 0 Å². The first-order valence-electron chi connectivity index (χ1n) is 7.97. The van der Waals surface area contributed by atoms with Crippen molar-refractivity contribution in [2.24, 2.45) is 0 Å². The van der Waals surface area contributed by atoms with Crippen molar-refractivity contribution >= 4 is 11.8 Å². The quantitative estimate of drug-likeness (QED) is 0.823. The lowest BCUT2D eigenvalue weighted by atomic mass is 9.94. The Hall–Kier alpha value is -2.29. The van der Waals surface area contributed by atoms with Crippen LogP contribution in [0.2, 0.25) is 0 Å². The first-order valence-corrected chi connectivity index (χ1v) is 7.97. The van der Waals surface area contributed by atoms with Gasteiger partial charge in [0.15, 0.2) is 0 Å². The normalized spacial score (nSPS) is 12.5. The maximum atomic E-state index is 11.8. The molecule has 3 heteroatoms. The number of nitrogens with one attached hydrogen (secondary N) is 1. The maximum absolute atomic E-state index is 11.8. The lowest BCUT2D eigenvalue weighted by Crippen LogP contribution is -2.27. The smallest absolute Gasteiger partial charge is 0.412 e. The molecule has 122 valence electrons. The number of hydrogen-bond acceptors (Lipinski definition) is 2. The van der Waals surface area contributed by atoms with Crippen molar-refractivity contribution < 1.29 is 9.53 Å². The molecular formula is C20H25NO2. The molecule has 0 fully saturated rings. The van der Waals surface area contributed by atoms with Gasteiger partial charge in [0.25, 0.3) is 0 Å². The third-order valence-electron chi connectivity index (χ3n) is 3.51. The van der Waals surface area contributed by atoms with E-state index >= 15 is 0 Å². The molecule has 0 heterocycles. The minimum Gasteiger partial charge on any atom is -0.444 e. The second kappa shape index (κ2) is 7.32. The van der Waals surface area contributed by atoms with Crippen LogP contribution >= 0.6 is 0 Å². The summed E-state index contributed by atoms with van der Waals surface area (Å²) >= 11 is 0. The van der Waals surface area contributed by atoms with Crippen LogP contribution in [-0.4, -0.2) is 11.7 Å². The Morgan fingerprint density at radius 3 is 2.22 bits per heavy atom. The van der Waals surface area contributed by atoms with E-state index in [0.29, 0.717) is 5.92 Å². The molecule has 2 aromatic rings. The van der Waals surface area contributed by atoms with Crippen LogP contribution in [0.4, 0.5) is 10.5 Å². The molecule has 2 rings (SSSR count). The average Bonchev–Trinajstić information content (AvgIpc) is 2.47. The minimum absolute atomic E-state index is 0.424. The number of ether oxygens (including phenoxy) is 1. The SMILES string of the molecule is CC(Cc1ccccc1)c1ccc(NC(=O)OC(C)(C)C)cc1. The molecule has 0 bridgehead atoms. The van der Waals surface area contributed by atoms with Crippen LogP contribution in [0.5, 0.6) is 0 Å². The van der Waals surface area contributed by atoms with Crippen LogP contribution in [0.3, 0.4) is 0 Å². The van der Waals surface area contributed by atoms with E-state index in [9.17, 15) is 4.79 Å². The third kappa shape index (κ3) is 5.78. The minimum atomic E-state index is -0.492. The molecule has 0 aliphatic rings. The summed E-state index contributed by atoms with van der Waals surface area (Å²) in [5, 5.41) is 2.75. The summed E-state index contributed by atoms with van der Waals surface area (Å²) in [5.74, 6) is 0.424. The van der Waals surface area contributed by atoms with Crippen molar-refractivity contribution in [3.05, 3.63) is 65.7 Å². The summed E-state index contributed by atoms with van der Waals surface area (Å²) in [7, 11) is 0. The number of benzene rings is 2. The molecule has 23 heavy (non-hydrogen) atoms. The Labute approximate surface area is 138 Å². The molecule has 0 saturated heterocycles. The Balaban J connectivity index is 1.95. The van der Waals surface area contributed by atoms with Gasteiger partial charge in [0, 0.05) is 5.69 Å². The van der Waals surface area contributed by atoms with Crippen LogP contribution in [0.1, 0.15) is 44.7 Å². The molecule has 0 spiro atoms. The van der Waals surface area contributed by atoms with Crippen LogP contribution in [0.25, 0.3) is 0 Å². The predicted octanol–water partition coefficient (Wildman–Crippen LogP) is 5.38. The van der Waals surface area contributed by atoms with E-state index in [1.165, 1.54) is 11.1 Å². The molecule has 1 amide bonds. The number of amides is 1. The molecule has 0 aromatic heterocycles.